The lowest BCUT2D eigenvalue weighted by atomic mass is 10.2. The van der Waals surface area contributed by atoms with Crippen LogP contribution in [-0.2, 0) is 4.74 Å². The Balaban J connectivity index is 1.96. The Hall–Kier alpha value is -1.40. The molecule has 1 aromatic heterocycles. The first-order valence-corrected chi connectivity index (χ1v) is 4.92. The zero-order valence-corrected chi connectivity index (χ0v) is 8.35. The molecule has 0 spiro atoms. The molecule has 1 aliphatic heterocycles. The number of hydrogen-bond acceptors (Lipinski definition) is 6. The van der Waals surface area contributed by atoms with E-state index in [-0.39, 0.29) is 6.10 Å². The number of aromatic nitrogens is 2. The number of rotatable bonds is 3. The third kappa shape index (κ3) is 2.77. The second-order valence-electron chi connectivity index (χ2n) is 3.29. The summed E-state index contributed by atoms with van der Waals surface area (Å²) in [4.78, 5) is 7.97. The van der Waals surface area contributed by atoms with Gasteiger partial charge in [-0.15, -0.1) is 0 Å². The smallest absolute Gasteiger partial charge is 0.240 e. The van der Waals surface area contributed by atoms with Crippen molar-refractivity contribution in [2.75, 3.05) is 18.6 Å². The first-order chi connectivity index (χ1) is 7.38. The van der Waals surface area contributed by atoms with Crippen LogP contribution in [0.1, 0.15) is 12.8 Å². The van der Waals surface area contributed by atoms with Crippen molar-refractivity contribution < 1.29 is 9.47 Å². The quantitative estimate of drug-likeness (QED) is 0.552. The van der Waals surface area contributed by atoms with Crippen molar-refractivity contribution in [3.63, 3.8) is 0 Å². The molecular formula is C9H14N4O2. The third-order valence-electron chi connectivity index (χ3n) is 2.21. The lowest BCUT2D eigenvalue weighted by Gasteiger charge is -2.22. The predicted molar refractivity (Wildman–Crippen MR) is 54.3 cm³/mol. The van der Waals surface area contributed by atoms with Crippen molar-refractivity contribution in [2.24, 2.45) is 5.84 Å². The normalized spacial score (nSPS) is 17.4. The standard InChI is InChI=1S/C9H14N4O2/c10-13-9-11-4-1-8(12-9)15-7-2-5-14-6-3-7/h1,4,7H,2-3,5-6,10H2,(H,11,12,13). The van der Waals surface area contributed by atoms with Crippen molar-refractivity contribution in [3.05, 3.63) is 12.3 Å². The van der Waals surface area contributed by atoms with E-state index >= 15 is 0 Å². The summed E-state index contributed by atoms with van der Waals surface area (Å²) in [5.74, 6) is 6.11. The number of hydrazine groups is 1. The molecule has 3 N–H and O–H groups in total. The molecule has 0 aromatic carbocycles. The van der Waals surface area contributed by atoms with Crippen LogP contribution in [0, 0.1) is 0 Å². The summed E-state index contributed by atoms with van der Waals surface area (Å²) in [5, 5.41) is 0. The third-order valence-corrected chi connectivity index (χ3v) is 2.21. The van der Waals surface area contributed by atoms with Gasteiger partial charge in [0.05, 0.1) is 13.2 Å². The molecule has 2 rings (SSSR count). The van der Waals surface area contributed by atoms with Gasteiger partial charge in [-0.1, -0.05) is 0 Å². The molecule has 2 heterocycles. The monoisotopic (exact) mass is 210 g/mol. The molecule has 6 heteroatoms. The molecule has 1 aliphatic rings. The van der Waals surface area contributed by atoms with Gasteiger partial charge in [-0.2, -0.15) is 4.98 Å². The maximum Gasteiger partial charge on any atom is 0.240 e. The van der Waals surface area contributed by atoms with Gasteiger partial charge in [0.25, 0.3) is 0 Å². The fourth-order valence-electron chi connectivity index (χ4n) is 1.44. The summed E-state index contributed by atoms with van der Waals surface area (Å²) < 4.78 is 10.9. The van der Waals surface area contributed by atoms with Crippen molar-refractivity contribution in [1.82, 2.24) is 9.97 Å². The van der Waals surface area contributed by atoms with Crippen LogP contribution in [-0.4, -0.2) is 29.3 Å². The van der Waals surface area contributed by atoms with Crippen LogP contribution in [0.3, 0.4) is 0 Å². The molecule has 6 nitrogen and oxygen atoms in total. The van der Waals surface area contributed by atoms with Gasteiger partial charge in [0.15, 0.2) is 0 Å². The number of nitrogens with two attached hydrogens (primary N) is 1. The molecule has 0 radical (unpaired) electrons. The average molecular weight is 210 g/mol. The zero-order chi connectivity index (χ0) is 10.5. The summed E-state index contributed by atoms with van der Waals surface area (Å²) >= 11 is 0. The zero-order valence-electron chi connectivity index (χ0n) is 8.35. The largest absolute Gasteiger partial charge is 0.474 e. The summed E-state index contributed by atoms with van der Waals surface area (Å²) in [7, 11) is 0. The minimum absolute atomic E-state index is 0.180. The van der Waals surface area contributed by atoms with Crippen molar-refractivity contribution in [1.29, 1.82) is 0 Å². The number of nitrogens with zero attached hydrogens (tertiary/aromatic N) is 2. The van der Waals surface area contributed by atoms with Gasteiger partial charge in [-0.05, 0) is 0 Å². The molecule has 0 atom stereocenters. The summed E-state index contributed by atoms with van der Waals surface area (Å²) in [5.41, 5.74) is 2.38. The van der Waals surface area contributed by atoms with Crippen LogP contribution in [0.25, 0.3) is 0 Å². The highest BCUT2D eigenvalue weighted by atomic mass is 16.5. The molecule has 1 saturated heterocycles. The highest BCUT2D eigenvalue weighted by molar-refractivity contribution is 5.25. The van der Waals surface area contributed by atoms with E-state index in [0.717, 1.165) is 26.1 Å². The van der Waals surface area contributed by atoms with E-state index < -0.39 is 0 Å². The summed E-state index contributed by atoms with van der Waals surface area (Å²) in [6.45, 7) is 1.50. The minimum atomic E-state index is 0.180. The molecule has 0 bridgehead atoms. The van der Waals surface area contributed by atoms with E-state index in [2.05, 4.69) is 15.4 Å². The number of hydrogen-bond donors (Lipinski definition) is 2. The molecule has 15 heavy (non-hydrogen) atoms. The number of anilines is 1. The van der Waals surface area contributed by atoms with Crippen molar-refractivity contribution in [3.8, 4) is 5.88 Å². The molecule has 0 unspecified atom stereocenters. The maximum absolute atomic E-state index is 5.67. The predicted octanol–water partition coefficient (Wildman–Crippen LogP) is 0.320. The highest BCUT2D eigenvalue weighted by Crippen LogP contribution is 2.15. The van der Waals surface area contributed by atoms with Gasteiger partial charge < -0.3 is 9.47 Å². The average Bonchev–Trinajstić information content (AvgIpc) is 2.31. The number of nitrogen functional groups attached to an aromatic ring is 1. The van der Waals surface area contributed by atoms with Gasteiger partial charge in [-0.3, -0.25) is 5.43 Å². The van der Waals surface area contributed by atoms with E-state index in [1.807, 2.05) is 0 Å². The fourth-order valence-corrected chi connectivity index (χ4v) is 1.44. The lowest BCUT2D eigenvalue weighted by molar-refractivity contribution is 0.0237. The lowest BCUT2D eigenvalue weighted by Crippen LogP contribution is -2.26. The van der Waals surface area contributed by atoms with E-state index in [1.165, 1.54) is 0 Å². The minimum Gasteiger partial charge on any atom is -0.474 e. The van der Waals surface area contributed by atoms with E-state index in [9.17, 15) is 0 Å². The summed E-state index contributed by atoms with van der Waals surface area (Å²) in [6, 6.07) is 1.72. The van der Waals surface area contributed by atoms with E-state index in [4.69, 9.17) is 15.3 Å². The Kier molecular flexibility index (Phi) is 3.31. The highest BCUT2D eigenvalue weighted by Gasteiger charge is 2.15. The maximum atomic E-state index is 5.67. The number of nitrogens with one attached hydrogen (secondary N) is 1. The van der Waals surface area contributed by atoms with Crippen LogP contribution in [0.15, 0.2) is 12.3 Å². The molecule has 1 aromatic rings. The molecule has 1 fully saturated rings. The van der Waals surface area contributed by atoms with Crippen LogP contribution in [0.5, 0.6) is 5.88 Å². The molecule has 82 valence electrons. The topological polar surface area (TPSA) is 82.3 Å². The Labute approximate surface area is 87.8 Å². The first-order valence-electron chi connectivity index (χ1n) is 4.92. The Morgan fingerprint density at radius 2 is 2.27 bits per heavy atom. The van der Waals surface area contributed by atoms with E-state index in [1.54, 1.807) is 12.3 Å². The van der Waals surface area contributed by atoms with Crippen molar-refractivity contribution in [2.45, 2.75) is 18.9 Å². The Morgan fingerprint density at radius 1 is 1.47 bits per heavy atom. The second kappa shape index (κ2) is 4.90. The van der Waals surface area contributed by atoms with Crippen LogP contribution in [0.4, 0.5) is 5.95 Å². The SMILES string of the molecule is NNc1nccc(OC2CCOCC2)n1. The molecular weight excluding hydrogens is 196 g/mol. The summed E-state index contributed by atoms with van der Waals surface area (Å²) in [6.07, 6.45) is 3.58. The molecule has 0 aliphatic carbocycles. The van der Waals surface area contributed by atoms with E-state index in [0.29, 0.717) is 11.8 Å². The van der Waals surface area contributed by atoms with Crippen LogP contribution >= 0.6 is 0 Å². The van der Waals surface area contributed by atoms with Crippen LogP contribution in [0.2, 0.25) is 0 Å². The molecule has 0 amide bonds. The van der Waals surface area contributed by atoms with Gasteiger partial charge in [0, 0.05) is 25.1 Å². The van der Waals surface area contributed by atoms with Gasteiger partial charge in [-0.25, -0.2) is 10.8 Å². The van der Waals surface area contributed by atoms with Crippen molar-refractivity contribution >= 4 is 5.95 Å². The van der Waals surface area contributed by atoms with Crippen LogP contribution < -0.4 is 16.0 Å². The van der Waals surface area contributed by atoms with Gasteiger partial charge >= 0.3 is 0 Å². The first kappa shape index (κ1) is 10.1. The van der Waals surface area contributed by atoms with Gasteiger partial charge in [0.2, 0.25) is 11.8 Å². The number of ether oxygens (including phenoxy) is 2. The molecule has 0 saturated carbocycles. The van der Waals surface area contributed by atoms with Gasteiger partial charge in [0.1, 0.15) is 6.10 Å². The second-order valence-corrected chi connectivity index (χ2v) is 3.29. The Bertz CT molecular complexity index is 315. The fraction of sp³-hybridized carbons (Fsp3) is 0.556. The Morgan fingerprint density at radius 3 is 3.00 bits per heavy atom.